The standard InChI is InChI=1S/C17H25N3/c1-14-9-10-20(15(2)11-14)13-17(12-18,19-3)16-7-5-4-6-8-16/h4-8,14-15,19H,9-11,13H2,1-3H3. The number of rotatable bonds is 4. The summed E-state index contributed by atoms with van der Waals surface area (Å²) in [5.74, 6) is 0.795. The maximum Gasteiger partial charge on any atom is 0.144 e. The summed E-state index contributed by atoms with van der Waals surface area (Å²) in [4.78, 5) is 2.45. The molecule has 3 unspecified atom stereocenters. The average molecular weight is 271 g/mol. The molecule has 0 aliphatic carbocycles. The lowest BCUT2D eigenvalue weighted by molar-refractivity contribution is 0.104. The third-order valence-electron chi connectivity index (χ3n) is 4.60. The molecule has 0 bridgehead atoms. The van der Waals surface area contributed by atoms with Gasteiger partial charge < -0.3 is 0 Å². The molecule has 0 amide bonds. The minimum atomic E-state index is -0.615. The normalized spacial score (nSPS) is 26.7. The van der Waals surface area contributed by atoms with E-state index in [1.54, 1.807) is 0 Å². The smallest absolute Gasteiger partial charge is 0.144 e. The molecule has 2 rings (SSSR count). The minimum Gasteiger partial charge on any atom is -0.298 e. The monoisotopic (exact) mass is 271 g/mol. The third-order valence-corrected chi connectivity index (χ3v) is 4.60. The van der Waals surface area contributed by atoms with Gasteiger partial charge in [0.15, 0.2) is 0 Å². The molecule has 1 aromatic rings. The second-order valence-electron chi connectivity index (χ2n) is 6.08. The number of likely N-dealkylation sites (N-methyl/N-ethyl adjacent to an activating group) is 1. The molecule has 3 nitrogen and oxygen atoms in total. The number of piperidine rings is 1. The molecular formula is C17H25N3. The van der Waals surface area contributed by atoms with E-state index in [0.29, 0.717) is 6.04 Å². The summed E-state index contributed by atoms with van der Waals surface area (Å²) in [6, 6.07) is 13.1. The van der Waals surface area contributed by atoms with E-state index in [1.807, 2.05) is 37.4 Å². The summed E-state index contributed by atoms with van der Waals surface area (Å²) < 4.78 is 0. The predicted molar refractivity (Wildman–Crippen MR) is 82.2 cm³/mol. The van der Waals surface area contributed by atoms with Crippen molar-refractivity contribution < 1.29 is 0 Å². The average Bonchev–Trinajstić information content (AvgIpc) is 2.48. The molecule has 0 spiro atoms. The predicted octanol–water partition coefficient (Wildman–Crippen LogP) is 2.75. The molecule has 1 saturated heterocycles. The molecule has 0 radical (unpaired) electrons. The maximum absolute atomic E-state index is 9.76. The lowest BCUT2D eigenvalue weighted by Gasteiger charge is -2.41. The van der Waals surface area contributed by atoms with E-state index in [9.17, 15) is 5.26 Å². The zero-order valence-electron chi connectivity index (χ0n) is 12.8. The molecule has 1 aliphatic rings. The van der Waals surface area contributed by atoms with Crippen molar-refractivity contribution in [2.75, 3.05) is 20.1 Å². The molecular weight excluding hydrogens is 246 g/mol. The molecule has 1 N–H and O–H groups in total. The van der Waals surface area contributed by atoms with Crippen molar-refractivity contribution in [3.05, 3.63) is 35.9 Å². The molecule has 1 heterocycles. The van der Waals surface area contributed by atoms with Crippen molar-refractivity contribution in [1.82, 2.24) is 10.2 Å². The van der Waals surface area contributed by atoms with Crippen LogP contribution in [0.4, 0.5) is 0 Å². The van der Waals surface area contributed by atoms with Crippen LogP contribution in [0.15, 0.2) is 30.3 Å². The van der Waals surface area contributed by atoms with Gasteiger partial charge in [0.1, 0.15) is 5.54 Å². The molecule has 3 atom stereocenters. The zero-order valence-corrected chi connectivity index (χ0v) is 12.8. The van der Waals surface area contributed by atoms with Crippen LogP contribution >= 0.6 is 0 Å². The van der Waals surface area contributed by atoms with Gasteiger partial charge in [-0.2, -0.15) is 5.26 Å². The van der Waals surface area contributed by atoms with Crippen LogP contribution in [0.2, 0.25) is 0 Å². The SMILES string of the molecule is CNC(C#N)(CN1CCC(C)CC1C)c1ccccc1. The second kappa shape index (κ2) is 6.39. The van der Waals surface area contributed by atoms with Gasteiger partial charge in [-0.15, -0.1) is 0 Å². The number of nitrogens with zero attached hydrogens (tertiary/aromatic N) is 2. The number of nitriles is 1. The first-order valence-electron chi connectivity index (χ1n) is 7.51. The van der Waals surface area contributed by atoms with Gasteiger partial charge in [-0.05, 0) is 44.8 Å². The molecule has 0 aromatic heterocycles. The highest BCUT2D eigenvalue weighted by molar-refractivity contribution is 5.32. The molecule has 1 fully saturated rings. The molecule has 1 aromatic carbocycles. The number of nitrogens with one attached hydrogen (secondary N) is 1. The summed E-state index contributed by atoms with van der Waals surface area (Å²) in [5.41, 5.74) is 0.437. The van der Waals surface area contributed by atoms with E-state index in [4.69, 9.17) is 0 Å². The fourth-order valence-electron chi connectivity index (χ4n) is 3.19. The van der Waals surface area contributed by atoms with Gasteiger partial charge >= 0.3 is 0 Å². The lowest BCUT2D eigenvalue weighted by atomic mass is 9.87. The first-order chi connectivity index (χ1) is 9.61. The Morgan fingerprint density at radius 1 is 1.35 bits per heavy atom. The van der Waals surface area contributed by atoms with Crippen LogP contribution in [0.3, 0.4) is 0 Å². The number of benzene rings is 1. The second-order valence-corrected chi connectivity index (χ2v) is 6.08. The first-order valence-corrected chi connectivity index (χ1v) is 7.51. The van der Waals surface area contributed by atoms with Crippen LogP contribution in [0.25, 0.3) is 0 Å². The van der Waals surface area contributed by atoms with Crippen molar-refractivity contribution in [2.45, 2.75) is 38.3 Å². The van der Waals surface area contributed by atoms with Crippen molar-refractivity contribution >= 4 is 0 Å². The highest BCUT2D eigenvalue weighted by atomic mass is 15.2. The van der Waals surface area contributed by atoms with Gasteiger partial charge in [0.2, 0.25) is 0 Å². The van der Waals surface area contributed by atoms with Crippen molar-refractivity contribution in [3.63, 3.8) is 0 Å². The third kappa shape index (κ3) is 3.03. The van der Waals surface area contributed by atoms with E-state index in [-0.39, 0.29) is 0 Å². The highest BCUT2D eigenvalue weighted by Crippen LogP contribution is 2.27. The van der Waals surface area contributed by atoms with Crippen molar-refractivity contribution in [1.29, 1.82) is 5.26 Å². The first kappa shape index (κ1) is 15.0. The van der Waals surface area contributed by atoms with Gasteiger partial charge in [-0.1, -0.05) is 37.3 Å². The number of hydrogen-bond donors (Lipinski definition) is 1. The molecule has 20 heavy (non-hydrogen) atoms. The Hall–Kier alpha value is -1.37. The quantitative estimate of drug-likeness (QED) is 0.915. The summed E-state index contributed by atoms with van der Waals surface area (Å²) in [6.45, 7) is 6.43. The highest BCUT2D eigenvalue weighted by Gasteiger charge is 2.35. The van der Waals surface area contributed by atoms with Gasteiger partial charge in [0.05, 0.1) is 6.07 Å². The van der Waals surface area contributed by atoms with E-state index in [0.717, 1.165) is 24.6 Å². The van der Waals surface area contributed by atoms with Gasteiger partial charge in [-0.3, -0.25) is 10.2 Å². The van der Waals surface area contributed by atoms with E-state index >= 15 is 0 Å². The lowest BCUT2D eigenvalue weighted by Crippen LogP contribution is -2.53. The Balaban J connectivity index is 2.20. The van der Waals surface area contributed by atoms with Crippen LogP contribution in [-0.2, 0) is 5.54 Å². The van der Waals surface area contributed by atoms with Crippen LogP contribution < -0.4 is 5.32 Å². The largest absolute Gasteiger partial charge is 0.298 e. The van der Waals surface area contributed by atoms with Gasteiger partial charge in [0, 0.05) is 12.6 Å². The van der Waals surface area contributed by atoms with Gasteiger partial charge in [0.25, 0.3) is 0 Å². The molecule has 108 valence electrons. The van der Waals surface area contributed by atoms with Gasteiger partial charge in [-0.25, -0.2) is 0 Å². The van der Waals surface area contributed by atoms with Crippen LogP contribution in [0.1, 0.15) is 32.3 Å². The minimum absolute atomic E-state index is 0.545. The fraction of sp³-hybridized carbons (Fsp3) is 0.588. The Kier molecular flexibility index (Phi) is 4.80. The van der Waals surface area contributed by atoms with E-state index in [1.165, 1.54) is 12.8 Å². The summed E-state index contributed by atoms with van der Waals surface area (Å²) in [5, 5.41) is 13.0. The Morgan fingerprint density at radius 2 is 2.05 bits per heavy atom. The molecule has 1 aliphatic heterocycles. The topological polar surface area (TPSA) is 39.1 Å². The molecule has 0 saturated carbocycles. The van der Waals surface area contributed by atoms with E-state index < -0.39 is 5.54 Å². The van der Waals surface area contributed by atoms with Crippen LogP contribution in [0.5, 0.6) is 0 Å². The summed E-state index contributed by atoms with van der Waals surface area (Å²) in [6.07, 6.45) is 2.45. The fourth-order valence-corrected chi connectivity index (χ4v) is 3.19. The Labute approximate surface area is 122 Å². The summed E-state index contributed by atoms with van der Waals surface area (Å²) >= 11 is 0. The maximum atomic E-state index is 9.76. The summed E-state index contributed by atoms with van der Waals surface area (Å²) in [7, 11) is 1.88. The number of hydrogen-bond acceptors (Lipinski definition) is 3. The van der Waals surface area contributed by atoms with Crippen LogP contribution in [-0.4, -0.2) is 31.1 Å². The van der Waals surface area contributed by atoms with Crippen molar-refractivity contribution in [2.24, 2.45) is 5.92 Å². The van der Waals surface area contributed by atoms with Crippen LogP contribution in [0, 0.1) is 17.2 Å². The van der Waals surface area contributed by atoms with E-state index in [2.05, 4.69) is 30.1 Å². The van der Waals surface area contributed by atoms with Crippen molar-refractivity contribution in [3.8, 4) is 6.07 Å². The molecule has 3 heteroatoms. The Morgan fingerprint density at radius 3 is 2.60 bits per heavy atom. The number of likely N-dealkylation sites (tertiary alicyclic amines) is 1. The zero-order chi connectivity index (χ0) is 14.6. The Bertz CT molecular complexity index is 465.